The molecular weight excluding hydrogens is 394 g/mol. The van der Waals surface area contributed by atoms with Crippen molar-refractivity contribution in [2.24, 2.45) is 0 Å². The first-order chi connectivity index (χ1) is 14.5. The quantitative estimate of drug-likeness (QED) is 0.534. The molecule has 7 heteroatoms. The molecule has 0 unspecified atom stereocenters. The lowest BCUT2D eigenvalue weighted by Gasteiger charge is -2.24. The third kappa shape index (κ3) is 5.41. The highest BCUT2D eigenvalue weighted by molar-refractivity contribution is 7.13. The number of pyridine rings is 2. The van der Waals surface area contributed by atoms with Crippen LogP contribution in [0.2, 0.25) is 0 Å². The Labute approximate surface area is 182 Å². The summed E-state index contributed by atoms with van der Waals surface area (Å²) < 4.78 is 0. The molecule has 6 nitrogen and oxygen atoms in total. The maximum Gasteiger partial charge on any atom is 0.257 e. The van der Waals surface area contributed by atoms with E-state index in [9.17, 15) is 4.79 Å². The van der Waals surface area contributed by atoms with Gasteiger partial charge < -0.3 is 14.8 Å². The predicted octanol–water partition coefficient (Wildman–Crippen LogP) is 3.90. The molecular formula is C23H31N5OS. The average molecular weight is 426 g/mol. The summed E-state index contributed by atoms with van der Waals surface area (Å²) in [6.45, 7) is 11.4. The van der Waals surface area contributed by atoms with Crippen LogP contribution in [0, 0.1) is 0 Å². The van der Waals surface area contributed by atoms with Gasteiger partial charge in [0.1, 0.15) is 5.01 Å². The van der Waals surface area contributed by atoms with Gasteiger partial charge in [0.05, 0.1) is 11.3 Å². The average Bonchev–Trinajstić information content (AvgIpc) is 3.26. The normalized spacial score (nSPS) is 11.5. The van der Waals surface area contributed by atoms with E-state index in [2.05, 4.69) is 47.6 Å². The van der Waals surface area contributed by atoms with Crippen molar-refractivity contribution in [3.05, 3.63) is 57.6 Å². The standard InChI is InChI=1S/C23H31N5OS/c1-5-20-18(15-27(4)12-13-28(6-2)7-3)14-19(22(29)25-20)21-16-30-23(26-21)17-8-10-24-11-9-17/h8-11,14,16H,5-7,12-13,15H2,1-4H3,(H,25,29). The van der Waals surface area contributed by atoms with E-state index in [1.54, 1.807) is 23.7 Å². The number of aromatic amines is 1. The first-order valence-corrected chi connectivity index (χ1v) is 11.5. The van der Waals surface area contributed by atoms with Crippen molar-refractivity contribution in [1.82, 2.24) is 24.8 Å². The van der Waals surface area contributed by atoms with Crippen molar-refractivity contribution in [2.75, 3.05) is 33.2 Å². The van der Waals surface area contributed by atoms with Gasteiger partial charge in [-0.3, -0.25) is 9.78 Å². The Morgan fingerprint density at radius 1 is 1.10 bits per heavy atom. The zero-order chi connectivity index (χ0) is 21.5. The molecule has 0 fully saturated rings. The monoisotopic (exact) mass is 425 g/mol. The van der Waals surface area contributed by atoms with Gasteiger partial charge in [-0.15, -0.1) is 11.3 Å². The highest BCUT2D eigenvalue weighted by Gasteiger charge is 2.15. The Morgan fingerprint density at radius 2 is 1.83 bits per heavy atom. The minimum absolute atomic E-state index is 0.0760. The molecule has 0 aromatic carbocycles. The summed E-state index contributed by atoms with van der Waals surface area (Å²) in [4.78, 5) is 29.4. The second kappa shape index (κ2) is 10.6. The summed E-state index contributed by atoms with van der Waals surface area (Å²) in [5.74, 6) is 0. The van der Waals surface area contributed by atoms with Crippen molar-refractivity contribution in [1.29, 1.82) is 0 Å². The lowest BCUT2D eigenvalue weighted by atomic mass is 10.1. The van der Waals surface area contributed by atoms with Gasteiger partial charge in [-0.1, -0.05) is 20.8 Å². The molecule has 3 aromatic rings. The van der Waals surface area contributed by atoms with Gasteiger partial charge in [0, 0.05) is 48.7 Å². The van der Waals surface area contributed by atoms with Gasteiger partial charge in [0.2, 0.25) is 0 Å². The third-order valence-corrected chi connectivity index (χ3v) is 6.30. The minimum Gasteiger partial charge on any atom is -0.325 e. The number of hydrogen-bond donors (Lipinski definition) is 1. The summed E-state index contributed by atoms with van der Waals surface area (Å²) in [5.41, 5.74) is 4.46. The number of aryl methyl sites for hydroxylation is 1. The van der Waals surface area contributed by atoms with Crippen LogP contribution in [-0.2, 0) is 13.0 Å². The van der Waals surface area contributed by atoms with Crippen molar-refractivity contribution in [3.63, 3.8) is 0 Å². The molecule has 30 heavy (non-hydrogen) atoms. The van der Waals surface area contributed by atoms with E-state index < -0.39 is 0 Å². The third-order valence-electron chi connectivity index (χ3n) is 5.41. The van der Waals surface area contributed by atoms with Gasteiger partial charge in [-0.25, -0.2) is 4.98 Å². The highest BCUT2D eigenvalue weighted by atomic mass is 32.1. The molecule has 3 rings (SSSR count). The van der Waals surface area contributed by atoms with Gasteiger partial charge in [-0.2, -0.15) is 0 Å². The second-order valence-electron chi connectivity index (χ2n) is 7.41. The summed E-state index contributed by atoms with van der Waals surface area (Å²) in [7, 11) is 2.14. The van der Waals surface area contributed by atoms with E-state index >= 15 is 0 Å². The van der Waals surface area contributed by atoms with Gasteiger partial charge in [0.15, 0.2) is 0 Å². The summed E-state index contributed by atoms with van der Waals surface area (Å²) in [6, 6.07) is 5.89. The van der Waals surface area contributed by atoms with E-state index in [-0.39, 0.29) is 5.56 Å². The molecule has 0 aliphatic rings. The van der Waals surface area contributed by atoms with Gasteiger partial charge in [0.25, 0.3) is 5.56 Å². The van der Waals surface area contributed by atoms with Crippen LogP contribution >= 0.6 is 11.3 Å². The van der Waals surface area contributed by atoms with Crippen LogP contribution in [0.5, 0.6) is 0 Å². The van der Waals surface area contributed by atoms with Crippen molar-refractivity contribution < 1.29 is 0 Å². The van der Waals surface area contributed by atoms with Crippen molar-refractivity contribution in [2.45, 2.75) is 33.7 Å². The molecule has 3 heterocycles. The topological polar surface area (TPSA) is 65.1 Å². The number of nitrogens with one attached hydrogen (secondary N) is 1. The Bertz CT molecular complexity index is 994. The maximum atomic E-state index is 12.8. The Hall–Kier alpha value is -2.35. The minimum atomic E-state index is -0.0760. The van der Waals surface area contributed by atoms with Crippen LogP contribution < -0.4 is 5.56 Å². The van der Waals surface area contributed by atoms with Crippen LogP contribution in [0.15, 0.2) is 40.8 Å². The number of H-pyrrole nitrogens is 1. The molecule has 0 aliphatic heterocycles. The molecule has 0 saturated heterocycles. The summed E-state index contributed by atoms with van der Waals surface area (Å²) >= 11 is 1.54. The molecule has 0 saturated carbocycles. The molecule has 0 aliphatic carbocycles. The van der Waals surface area contributed by atoms with Crippen LogP contribution in [0.3, 0.4) is 0 Å². The smallest absolute Gasteiger partial charge is 0.257 e. The molecule has 0 radical (unpaired) electrons. The van der Waals surface area contributed by atoms with Crippen LogP contribution in [-0.4, -0.2) is 58.0 Å². The first kappa shape index (κ1) is 22.3. The number of aromatic nitrogens is 3. The van der Waals surface area contributed by atoms with Gasteiger partial charge >= 0.3 is 0 Å². The Morgan fingerprint density at radius 3 is 2.50 bits per heavy atom. The molecule has 0 bridgehead atoms. The first-order valence-electron chi connectivity index (χ1n) is 10.6. The number of nitrogens with zero attached hydrogens (tertiary/aromatic N) is 4. The van der Waals surface area contributed by atoms with Crippen LogP contribution in [0.25, 0.3) is 21.8 Å². The second-order valence-corrected chi connectivity index (χ2v) is 8.27. The van der Waals surface area contributed by atoms with Crippen LogP contribution in [0.4, 0.5) is 0 Å². The Balaban J connectivity index is 1.83. The predicted molar refractivity (Wildman–Crippen MR) is 125 cm³/mol. The SMILES string of the molecule is CCc1[nH]c(=O)c(-c2csc(-c3ccncc3)n2)cc1CN(C)CCN(CC)CC. The number of thiazole rings is 1. The van der Waals surface area contributed by atoms with Crippen molar-refractivity contribution in [3.8, 4) is 21.8 Å². The fourth-order valence-corrected chi connectivity index (χ4v) is 4.33. The van der Waals surface area contributed by atoms with Gasteiger partial charge in [-0.05, 0) is 50.3 Å². The van der Waals surface area contributed by atoms with E-state index in [1.165, 1.54) is 0 Å². The lowest BCUT2D eigenvalue weighted by molar-refractivity contribution is 0.236. The summed E-state index contributed by atoms with van der Waals surface area (Å²) in [5, 5.41) is 2.85. The number of hydrogen-bond acceptors (Lipinski definition) is 6. The molecule has 160 valence electrons. The largest absolute Gasteiger partial charge is 0.325 e. The molecule has 1 N–H and O–H groups in total. The molecule has 0 atom stereocenters. The van der Waals surface area contributed by atoms with E-state index in [0.717, 1.165) is 66.7 Å². The highest BCUT2D eigenvalue weighted by Crippen LogP contribution is 2.27. The van der Waals surface area contributed by atoms with E-state index in [1.807, 2.05) is 23.6 Å². The lowest BCUT2D eigenvalue weighted by Crippen LogP contribution is -2.33. The van der Waals surface area contributed by atoms with E-state index in [4.69, 9.17) is 4.98 Å². The zero-order valence-corrected chi connectivity index (χ0v) is 19.1. The molecule has 0 amide bonds. The Kier molecular flexibility index (Phi) is 7.90. The number of rotatable bonds is 10. The summed E-state index contributed by atoms with van der Waals surface area (Å²) in [6.07, 6.45) is 4.31. The van der Waals surface area contributed by atoms with Crippen molar-refractivity contribution >= 4 is 11.3 Å². The van der Waals surface area contributed by atoms with Crippen LogP contribution in [0.1, 0.15) is 32.0 Å². The molecule has 3 aromatic heterocycles. The zero-order valence-electron chi connectivity index (χ0n) is 18.3. The van der Waals surface area contributed by atoms with E-state index in [0.29, 0.717) is 5.56 Å². The fraction of sp³-hybridized carbons (Fsp3) is 0.435. The maximum absolute atomic E-state index is 12.8. The number of likely N-dealkylation sites (N-methyl/N-ethyl adjacent to an activating group) is 2. The fourth-order valence-electron chi connectivity index (χ4n) is 3.50. The molecule has 0 spiro atoms.